The highest BCUT2D eigenvalue weighted by Crippen LogP contribution is 3.02. The Kier molecular flexibility index (Phi) is 3.95. The lowest BCUT2D eigenvalue weighted by Crippen LogP contribution is -2.13. The summed E-state index contributed by atoms with van der Waals surface area (Å²) in [6.07, 6.45) is -3.10. The molecule has 2 heterocycles. The fraction of sp³-hybridized carbons (Fsp3) is 0.267. The molecule has 28 heavy (non-hydrogen) atoms. The minimum atomic E-state index is -9.83. The number of rotatable bonds is 4. The third-order valence-electron chi connectivity index (χ3n) is 4.09. The molecule has 5 nitrogen and oxygen atoms in total. The molecule has 0 radical (unpaired) electrons. The van der Waals surface area contributed by atoms with Crippen molar-refractivity contribution in [2.24, 2.45) is 0 Å². The van der Waals surface area contributed by atoms with Gasteiger partial charge in [0.2, 0.25) is 0 Å². The van der Waals surface area contributed by atoms with Crippen LogP contribution in [0.5, 0.6) is 0 Å². The summed E-state index contributed by atoms with van der Waals surface area (Å²) in [6, 6.07) is 1.08. The summed E-state index contributed by atoms with van der Waals surface area (Å²) in [5, 5.41) is 3.24. The molecule has 1 N–H and O–H groups in total. The smallest absolute Gasteiger partial charge is 0.310 e. The molecule has 3 rings (SSSR count). The standard InChI is InChI=1S/C15H13F7N4OS/c1-7(9-3-5-10(6-4-9)28(18,19,20,21)22)26-14-11(12(25-26)13(16)17)15(27)24-8(2)23-14/h3-7,13H,1-2H3,(H,23,24,27)/t7-/m1/s1. The summed E-state index contributed by atoms with van der Waals surface area (Å²) in [4.78, 5) is 16.2. The van der Waals surface area contributed by atoms with E-state index >= 15 is 0 Å². The average molecular weight is 430 g/mol. The topological polar surface area (TPSA) is 63.6 Å². The fourth-order valence-electron chi connectivity index (χ4n) is 2.75. The first-order chi connectivity index (χ1) is 12.6. The first-order valence-electron chi connectivity index (χ1n) is 7.69. The van der Waals surface area contributed by atoms with Gasteiger partial charge in [-0.2, -0.15) is 5.10 Å². The minimum Gasteiger partial charge on any atom is -0.310 e. The zero-order chi connectivity index (χ0) is 21.1. The maximum absolute atomic E-state index is 13.3. The van der Waals surface area contributed by atoms with Crippen LogP contribution in [0.25, 0.3) is 11.0 Å². The molecular formula is C15H13F7N4OS. The van der Waals surface area contributed by atoms with Crippen molar-refractivity contribution in [3.8, 4) is 0 Å². The molecule has 154 valence electrons. The van der Waals surface area contributed by atoms with E-state index in [2.05, 4.69) is 15.1 Å². The third-order valence-corrected chi connectivity index (χ3v) is 5.25. The highest BCUT2D eigenvalue weighted by Gasteiger charge is 2.65. The molecule has 1 atom stereocenters. The molecule has 0 unspecified atom stereocenters. The van der Waals surface area contributed by atoms with Crippen LogP contribution < -0.4 is 5.56 Å². The summed E-state index contributed by atoms with van der Waals surface area (Å²) in [5.41, 5.74) is -1.79. The Morgan fingerprint density at radius 1 is 1.07 bits per heavy atom. The van der Waals surface area contributed by atoms with Gasteiger partial charge in [-0.15, -0.1) is 0 Å². The van der Waals surface area contributed by atoms with E-state index in [1.165, 1.54) is 13.8 Å². The van der Waals surface area contributed by atoms with Crippen LogP contribution in [0.4, 0.5) is 28.2 Å². The number of alkyl halides is 2. The van der Waals surface area contributed by atoms with E-state index in [9.17, 15) is 33.0 Å². The summed E-state index contributed by atoms with van der Waals surface area (Å²) in [6.45, 7) is 2.81. The van der Waals surface area contributed by atoms with Crippen LogP contribution in [0, 0.1) is 6.92 Å². The van der Waals surface area contributed by atoms with Gasteiger partial charge in [-0.05, 0) is 31.5 Å². The van der Waals surface area contributed by atoms with Crippen molar-refractivity contribution in [3.05, 3.63) is 51.7 Å². The van der Waals surface area contributed by atoms with E-state index in [1.54, 1.807) is 0 Å². The average Bonchev–Trinajstić information content (AvgIpc) is 2.92. The van der Waals surface area contributed by atoms with E-state index in [0.717, 1.165) is 16.8 Å². The van der Waals surface area contributed by atoms with Gasteiger partial charge in [0.1, 0.15) is 21.8 Å². The lowest BCUT2D eigenvalue weighted by atomic mass is 10.1. The summed E-state index contributed by atoms with van der Waals surface area (Å²) >= 11 is 0. The number of fused-ring (bicyclic) bond motifs is 1. The minimum absolute atomic E-state index is 0.0792. The zero-order valence-corrected chi connectivity index (χ0v) is 15.1. The molecule has 0 fully saturated rings. The van der Waals surface area contributed by atoms with Gasteiger partial charge in [0.25, 0.3) is 12.0 Å². The first kappa shape index (κ1) is 20.2. The predicted molar refractivity (Wildman–Crippen MR) is 89.5 cm³/mol. The number of nitrogens with zero attached hydrogens (tertiary/aromatic N) is 3. The van der Waals surface area contributed by atoms with E-state index in [0.29, 0.717) is 0 Å². The molecule has 0 saturated carbocycles. The molecule has 0 bridgehead atoms. The highest BCUT2D eigenvalue weighted by atomic mass is 32.5. The Labute approximate surface area is 152 Å². The van der Waals surface area contributed by atoms with Crippen LogP contribution >= 0.6 is 10.2 Å². The Morgan fingerprint density at radius 2 is 1.64 bits per heavy atom. The zero-order valence-electron chi connectivity index (χ0n) is 14.3. The Balaban J connectivity index is 2.15. The van der Waals surface area contributed by atoms with Crippen LogP contribution in [0.15, 0.2) is 34.0 Å². The molecule has 0 aliphatic rings. The molecule has 0 spiro atoms. The number of benzene rings is 1. The van der Waals surface area contributed by atoms with Gasteiger partial charge >= 0.3 is 10.2 Å². The highest BCUT2D eigenvalue weighted by molar-refractivity contribution is 8.45. The normalized spacial score (nSPS) is 16.2. The Hall–Kier alpha value is -2.57. The lowest BCUT2D eigenvalue weighted by Gasteiger charge is -2.40. The molecule has 2 aromatic heterocycles. The van der Waals surface area contributed by atoms with Gasteiger partial charge in [-0.25, -0.2) is 18.4 Å². The fourth-order valence-corrected chi connectivity index (χ4v) is 3.40. The number of aromatic nitrogens is 4. The van der Waals surface area contributed by atoms with E-state index in [4.69, 9.17) is 0 Å². The molecule has 0 amide bonds. The SMILES string of the molecule is Cc1nc2c(c(C(F)F)nn2[C@H](C)c2ccc(S(F)(F)(F)(F)F)cc2)c(=O)[nH]1. The number of aromatic amines is 1. The molecule has 13 heteroatoms. The molecular weight excluding hydrogens is 417 g/mol. The van der Waals surface area contributed by atoms with Crippen molar-refractivity contribution in [3.63, 3.8) is 0 Å². The van der Waals surface area contributed by atoms with Gasteiger partial charge in [-0.3, -0.25) is 4.79 Å². The molecule has 0 saturated heterocycles. The van der Waals surface area contributed by atoms with Crippen molar-refractivity contribution in [2.75, 3.05) is 0 Å². The van der Waals surface area contributed by atoms with Crippen LogP contribution in [0.1, 0.15) is 36.5 Å². The lowest BCUT2D eigenvalue weighted by molar-refractivity contribution is 0.146. The molecule has 0 aliphatic heterocycles. The largest absolute Gasteiger partial charge is 0.310 e. The number of aryl methyl sites for hydroxylation is 1. The summed E-state index contributed by atoms with van der Waals surface area (Å²) in [7, 11) is -9.83. The van der Waals surface area contributed by atoms with Crippen molar-refractivity contribution in [1.82, 2.24) is 19.7 Å². The number of hydrogen-bond acceptors (Lipinski definition) is 3. The van der Waals surface area contributed by atoms with E-state index in [1.807, 2.05) is 0 Å². The van der Waals surface area contributed by atoms with Gasteiger partial charge in [-0.1, -0.05) is 31.6 Å². The van der Waals surface area contributed by atoms with E-state index < -0.39 is 44.2 Å². The summed E-state index contributed by atoms with van der Waals surface area (Å²) < 4.78 is 91.7. The van der Waals surface area contributed by atoms with E-state index in [-0.39, 0.29) is 29.2 Å². The predicted octanol–water partition coefficient (Wildman–Crippen LogP) is 5.63. The second-order valence-corrected chi connectivity index (χ2v) is 8.60. The van der Waals surface area contributed by atoms with Gasteiger partial charge in [0.15, 0.2) is 5.65 Å². The maximum atomic E-state index is 13.3. The number of nitrogens with one attached hydrogen (secondary N) is 1. The third kappa shape index (κ3) is 3.57. The van der Waals surface area contributed by atoms with Crippen molar-refractivity contribution in [2.45, 2.75) is 31.2 Å². The van der Waals surface area contributed by atoms with Crippen LogP contribution in [-0.2, 0) is 0 Å². The number of hydrogen-bond donors (Lipinski definition) is 1. The van der Waals surface area contributed by atoms with Crippen molar-refractivity contribution < 1.29 is 28.2 Å². The van der Waals surface area contributed by atoms with Gasteiger partial charge < -0.3 is 4.98 Å². The van der Waals surface area contributed by atoms with Crippen LogP contribution in [0.3, 0.4) is 0 Å². The van der Waals surface area contributed by atoms with Crippen molar-refractivity contribution in [1.29, 1.82) is 0 Å². The number of H-pyrrole nitrogens is 1. The van der Waals surface area contributed by atoms with Crippen molar-refractivity contribution >= 4 is 21.3 Å². The maximum Gasteiger partial charge on any atom is 0.310 e. The molecule has 1 aromatic carbocycles. The summed E-state index contributed by atoms with van der Waals surface area (Å²) in [5.74, 6) is 0.114. The monoisotopic (exact) mass is 430 g/mol. The Morgan fingerprint density at radius 3 is 2.14 bits per heavy atom. The molecule has 0 aliphatic carbocycles. The van der Waals surface area contributed by atoms with Crippen LogP contribution in [0.2, 0.25) is 0 Å². The first-order valence-corrected chi connectivity index (χ1v) is 9.65. The number of halogens is 7. The molecule has 3 aromatic rings. The quantitative estimate of drug-likeness (QED) is 0.546. The second-order valence-electron chi connectivity index (χ2n) is 6.19. The Bertz CT molecular complexity index is 1120. The second kappa shape index (κ2) is 5.49. The van der Waals surface area contributed by atoms with Gasteiger partial charge in [0.05, 0.1) is 6.04 Å². The van der Waals surface area contributed by atoms with Gasteiger partial charge in [0, 0.05) is 0 Å². The van der Waals surface area contributed by atoms with Crippen LogP contribution in [-0.4, -0.2) is 19.7 Å².